The van der Waals surface area contributed by atoms with E-state index in [2.05, 4.69) is 37.6 Å². The molecule has 11 nitrogen and oxygen atoms in total. The molecule has 4 aliphatic rings. The van der Waals surface area contributed by atoms with Gasteiger partial charge in [0.25, 0.3) is 0 Å². The van der Waals surface area contributed by atoms with E-state index in [1.807, 2.05) is 0 Å². The van der Waals surface area contributed by atoms with Crippen LogP contribution >= 0.6 is 0 Å². The van der Waals surface area contributed by atoms with Crippen molar-refractivity contribution in [2.24, 2.45) is 17.8 Å². The SMILES string of the molecule is COC1CCC(C2NOC(CCC(=O)NCCCNC3NNC(=O)C4CCCCC34)N2)CN1. The molecule has 11 heteroatoms. The smallest absolute Gasteiger partial charge is 0.237 e. The molecule has 1 saturated carbocycles. The Kier molecular flexibility index (Phi) is 9.30. The zero-order valence-corrected chi connectivity index (χ0v) is 19.7. The number of amides is 2. The third-order valence-electron chi connectivity index (χ3n) is 7.47. The second-order valence-corrected chi connectivity index (χ2v) is 9.70. The molecule has 7 unspecified atom stereocenters. The molecule has 3 heterocycles. The van der Waals surface area contributed by atoms with Gasteiger partial charge in [0.05, 0.1) is 12.3 Å². The minimum absolute atomic E-state index is 0.0431. The summed E-state index contributed by atoms with van der Waals surface area (Å²) in [7, 11) is 1.73. The van der Waals surface area contributed by atoms with Crippen LogP contribution in [0.4, 0.5) is 0 Å². The number of carbonyl (C=O) groups excluding carboxylic acids is 2. The largest absolute Gasteiger partial charge is 0.367 e. The predicted octanol–water partition coefficient (Wildman–Crippen LogP) is -0.622. The van der Waals surface area contributed by atoms with E-state index in [1.165, 1.54) is 6.42 Å². The molecule has 33 heavy (non-hydrogen) atoms. The van der Waals surface area contributed by atoms with Crippen molar-refractivity contribution in [2.75, 3.05) is 26.7 Å². The maximum absolute atomic E-state index is 12.2. The normalized spacial score (nSPS) is 36.8. The van der Waals surface area contributed by atoms with Crippen molar-refractivity contribution < 1.29 is 19.2 Å². The molecule has 0 aromatic carbocycles. The monoisotopic (exact) mass is 467 g/mol. The van der Waals surface area contributed by atoms with Crippen LogP contribution in [-0.4, -0.2) is 63.3 Å². The first kappa shape index (κ1) is 24.8. The van der Waals surface area contributed by atoms with E-state index in [1.54, 1.807) is 7.11 Å². The topological polar surface area (TPSA) is 137 Å². The van der Waals surface area contributed by atoms with Crippen LogP contribution in [0.2, 0.25) is 0 Å². The minimum Gasteiger partial charge on any atom is -0.367 e. The number of hydrazine groups is 1. The van der Waals surface area contributed by atoms with Gasteiger partial charge >= 0.3 is 0 Å². The Morgan fingerprint density at radius 3 is 2.88 bits per heavy atom. The number of methoxy groups -OCH3 is 1. The summed E-state index contributed by atoms with van der Waals surface area (Å²) in [4.78, 5) is 29.9. The molecule has 3 aliphatic heterocycles. The van der Waals surface area contributed by atoms with E-state index in [-0.39, 0.29) is 42.5 Å². The summed E-state index contributed by atoms with van der Waals surface area (Å²) in [6, 6.07) is 0. The quantitative estimate of drug-likeness (QED) is 0.210. The van der Waals surface area contributed by atoms with Gasteiger partial charge in [-0.3, -0.25) is 30.5 Å². The maximum atomic E-state index is 12.2. The van der Waals surface area contributed by atoms with Gasteiger partial charge in [0.1, 0.15) is 12.5 Å². The Morgan fingerprint density at radius 1 is 1.18 bits per heavy atom. The first-order chi connectivity index (χ1) is 16.1. The summed E-state index contributed by atoms with van der Waals surface area (Å²) in [5.74, 6) is 1.07. The van der Waals surface area contributed by atoms with Crippen LogP contribution in [0.3, 0.4) is 0 Å². The average molecular weight is 468 g/mol. The highest BCUT2D eigenvalue weighted by molar-refractivity contribution is 5.79. The predicted molar refractivity (Wildman–Crippen MR) is 122 cm³/mol. The van der Waals surface area contributed by atoms with Gasteiger partial charge in [-0.15, -0.1) is 0 Å². The van der Waals surface area contributed by atoms with Crippen molar-refractivity contribution in [2.45, 2.75) is 82.6 Å². The summed E-state index contributed by atoms with van der Waals surface area (Å²) >= 11 is 0. The van der Waals surface area contributed by atoms with Crippen molar-refractivity contribution in [1.29, 1.82) is 0 Å². The lowest BCUT2D eigenvalue weighted by Gasteiger charge is -2.41. The first-order valence-corrected chi connectivity index (χ1v) is 12.6. The van der Waals surface area contributed by atoms with Crippen molar-refractivity contribution in [3.8, 4) is 0 Å². The number of ether oxygens (including phenoxy) is 1. The van der Waals surface area contributed by atoms with Crippen LogP contribution in [0.1, 0.15) is 57.8 Å². The molecule has 188 valence electrons. The Labute approximate surface area is 196 Å². The molecular formula is C22H41N7O4. The first-order valence-electron chi connectivity index (χ1n) is 12.6. The van der Waals surface area contributed by atoms with Crippen molar-refractivity contribution in [3.63, 3.8) is 0 Å². The summed E-state index contributed by atoms with van der Waals surface area (Å²) in [6.45, 7) is 2.29. The minimum atomic E-state index is -0.154. The molecule has 4 fully saturated rings. The van der Waals surface area contributed by atoms with Crippen LogP contribution < -0.4 is 37.6 Å². The molecule has 0 aromatic heterocycles. The molecular weight excluding hydrogens is 426 g/mol. The zero-order chi connectivity index (χ0) is 23.0. The molecule has 2 amide bonds. The van der Waals surface area contributed by atoms with Crippen molar-refractivity contribution in [3.05, 3.63) is 0 Å². The van der Waals surface area contributed by atoms with Gasteiger partial charge in [0, 0.05) is 44.4 Å². The van der Waals surface area contributed by atoms with Crippen molar-refractivity contribution >= 4 is 11.8 Å². The highest BCUT2D eigenvalue weighted by Gasteiger charge is 2.39. The molecule has 0 bridgehead atoms. The zero-order valence-electron chi connectivity index (χ0n) is 19.7. The fraction of sp³-hybridized carbons (Fsp3) is 0.909. The Bertz CT molecular complexity index is 646. The van der Waals surface area contributed by atoms with E-state index in [9.17, 15) is 9.59 Å². The standard InChI is InChI=1S/C22H41N7O4/c1-32-18-9-7-14(13-25-18)20-26-19(33-29-20)10-8-17(30)23-11-4-12-24-21-15-5-2-3-6-16(15)22(31)28-27-21/h14-16,18-21,24-27,29H,2-13H2,1H3,(H,23,30)(H,28,31). The Hall–Kier alpha value is -1.34. The fourth-order valence-electron chi connectivity index (χ4n) is 5.50. The van der Waals surface area contributed by atoms with E-state index < -0.39 is 0 Å². The van der Waals surface area contributed by atoms with Gasteiger partial charge in [-0.05, 0) is 45.1 Å². The van der Waals surface area contributed by atoms with Crippen LogP contribution in [0.5, 0.6) is 0 Å². The van der Waals surface area contributed by atoms with Gasteiger partial charge in [0.2, 0.25) is 11.8 Å². The highest BCUT2D eigenvalue weighted by atomic mass is 16.7. The third-order valence-corrected chi connectivity index (χ3v) is 7.47. The molecule has 1 aliphatic carbocycles. The number of nitrogens with one attached hydrogen (secondary N) is 7. The summed E-state index contributed by atoms with van der Waals surface area (Å²) in [5, 5.41) is 13.3. The lowest BCUT2D eigenvalue weighted by atomic mass is 9.76. The third kappa shape index (κ3) is 6.84. The number of carbonyl (C=O) groups is 2. The van der Waals surface area contributed by atoms with E-state index in [0.717, 1.165) is 51.6 Å². The van der Waals surface area contributed by atoms with Gasteiger partial charge in [-0.2, -0.15) is 5.48 Å². The molecule has 4 rings (SSSR count). The number of piperidine rings is 1. The molecule has 3 saturated heterocycles. The van der Waals surface area contributed by atoms with Crippen LogP contribution in [-0.2, 0) is 19.2 Å². The number of hydrogen-bond acceptors (Lipinski definition) is 9. The molecule has 7 atom stereocenters. The van der Waals surface area contributed by atoms with Gasteiger partial charge in [0.15, 0.2) is 0 Å². The second kappa shape index (κ2) is 12.4. The second-order valence-electron chi connectivity index (χ2n) is 9.70. The molecule has 0 aromatic rings. The van der Waals surface area contributed by atoms with Crippen LogP contribution in [0.15, 0.2) is 0 Å². The van der Waals surface area contributed by atoms with Gasteiger partial charge in [-0.25, -0.2) is 5.43 Å². The van der Waals surface area contributed by atoms with Gasteiger partial charge in [-0.1, -0.05) is 12.8 Å². The Balaban J connectivity index is 1.04. The van der Waals surface area contributed by atoms with E-state index >= 15 is 0 Å². The van der Waals surface area contributed by atoms with Crippen LogP contribution in [0.25, 0.3) is 0 Å². The average Bonchev–Trinajstić information content (AvgIpc) is 3.33. The molecule has 0 radical (unpaired) electrons. The lowest BCUT2D eigenvalue weighted by molar-refractivity contribution is -0.134. The lowest BCUT2D eigenvalue weighted by Crippen LogP contribution is -2.64. The number of rotatable bonds is 10. The highest BCUT2D eigenvalue weighted by Crippen LogP contribution is 2.33. The van der Waals surface area contributed by atoms with Crippen LogP contribution in [0, 0.1) is 17.8 Å². The number of hydrogen-bond donors (Lipinski definition) is 7. The molecule has 7 N–H and O–H groups in total. The van der Waals surface area contributed by atoms with Crippen molar-refractivity contribution in [1.82, 2.24) is 37.6 Å². The summed E-state index contributed by atoms with van der Waals surface area (Å²) in [6.07, 6.45) is 8.51. The number of fused-ring (bicyclic) bond motifs is 1. The maximum Gasteiger partial charge on any atom is 0.237 e. The van der Waals surface area contributed by atoms with Gasteiger partial charge < -0.3 is 15.4 Å². The fourth-order valence-corrected chi connectivity index (χ4v) is 5.50. The van der Waals surface area contributed by atoms with E-state index in [4.69, 9.17) is 9.57 Å². The number of hydroxylamine groups is 1. The Morgan fingerprint density at radius 2 is 2.06 bits per heavy atom. The molecule has 0 spiro atoms. The summed E-state index contributed by atoms with van der Waals surface area (Å²) < 4.78 is 5.34. The van der Waals surface area contributed by atoms with E-state index in [0.29, 0.717) is 31.2 Å². The summed E-state index contributed by atoms with van der Waals surface area (Å²) in [5.41, 5.74) is 9.01.